The minimum absolute atomic E-state index is 0.181. The molecule has 4 aromatic rings. The Hall–Kier alpha value is -3.71. The molecule has 0 unspecified atom stereocenters. The topological polar surface area (TPSA) is 86.9 Å². The van der Waals surface area contributed by atoms with Crippen LogP contribution in [0.15, 0.2) is 78.2 Å². The number of rotatable bonds is 7. The number of benzene rings is 1. The van der Waals surface area contributed by atoms with Gasteiger partial charge in [0, 0.05) is 36.0 Å². The number of carbonyl (C=O) groups is 2. The first-order valence-electron chi connectivity index (χ1n) is 9.50. The van der Waals surface area contributed by atoms with E-state index in [2.05, 4.69) is 26.7 Å². The Bertz CT molecular complexity index is 1180. The highest BCUT2D eigenvalue weighted by molar-refractivity contribution is 7.12. The van der Waals surface area contributed by atoms with E-state index in [0.717, 1.165) is 22.0 Å². The van der Waals surface area contributed by atoms with Gasteiger partial charge in [-0.2, -0.15) is 0 Å². The number of pyridine rings is 1. The third-order valence-electron chi connectivity index (χ3n) is 4.59. The molecule has 0 atom stereocenters. The highest BCUT2D eigenvalue weighted by Gasteiger charge is 2.15. The molecule has 3 N–H and O–H groups in total. The van der Waals surface area contributed by atoms with Crippen LogP contribution in [-0.4, -0.2) is 28.3 Å². The Kier molecular flexibility index (Phi) is 6.01. The van der Waals surface area contributed by atoms with Crippen LogP contribution in [0.4, 0.5) is 0 Å². The van der Waals surface area contributed by atoms with Crippen LogP contribution in [0.1, 0.15) is 20.8 Å². The Balaban J connectivity index is 1.46. The Morgan fingerprint density at radius 2 is 2.00 bits per heavy atom. The summed E-state index contributed by atoms with van der Waals surface area (Å²) < 4.78 is 0. The van der Waals surface area contributed by atoms with E-state index in [-0.39, 0.29) is 17.5 Å². The third-order valence-corrected chi connectivity index (χ3v) is 5.46. The fourth-order valence-electron chi connectivity index (χ4n) is 3.12. The number of nitrogens with zero attached hydrogens (tertiary/aromatic N) is 1. The molecule has 2 amide bonds. The summed E-state index contributed by atoms with van der Waals surface area (Å²) in [5.74, 6) is -0.657. The number of aromatic nitrogens is 2. The molecule has 0 aliphatic heterocycles. The van der Waals surface area contributed by atoms with Crippen molar-refractivity contribution in [1.82, 2.24) is 20.6 Å². The zero-order valence-corrected chi connectivity index (χ0v) is 16.9. The summed E-state index contributed by atoms with van der Waals surface area (Å²) in [5.41, 5.74) is 3.11. The van der Waals surface area contributed by atoms with Crippen molar-refractivity contribution in [3.63, 3.8) is 0 Å². The van der Waals surface area contributed by atoms with Crippen LogP contribution in [-0.2, 0) is 11.2 Å². The van der Waals surface area contributed by atoms with Gasteiger partial charge in [-0.05, 0) is 47.2 Å². The van der Waals surface area contributed by atoms with Gasteiger partial charge in [0.25, 0.3) is 11.8 Å². The molecule has 0 aliphatic rings. The molecule has 7 heteroatoms. The molecule has 30 heavy (non-hydrogen) atoms. The molecule has 3 aromatic heterocycles. The number of H-pyrrole nitrogens is 1. The van der Waals surface area contributed by atoms with Crippen LogP contribution in [0.25, 0.3) is 17.0 Å². The van der Waals surface area contributed by atoms with Crippen LogP contribution in [0.5, 0.6) is 0 Å². The van der Waals surface area contributed by atoms with Crippen LogP contribution in [0, 0.1) is 0 Å². The average Bonchev–Trinajstić information content (AvgIpc) is 3.45. The predicted molar refractivity (Wildman–Crippen MR) is 119 cm³/mol. The van der Waals surface area contributed by atoms with Crippen LogP contribution in [0.3, 0.4) is 0 Å². The van der Waals surface area contributed by atoms with Crippen molar-refractivity contribution < 1.29 is 9.59 Å². The number of hydrogen-bond acceptors (Lipinski definition) is 4. The van der Waals surface area contributed by atoms with Crippen molar-refractivity contribution in [3.8, 4) is 0 Å². The van der Waals surface area contributed by atoms with Crippen molar-refractivity contribution in [3.05, 3.63) is 94.2 Å². The second-order valence-electron chi connectivity index (χ2n) is 6.64. The lowest BCUT2D eigenvalue weighted by atomic mass is 10.1. The number of fused-ring (bicyclic) bond motifs is 1. The molecule has 0 aliphatic carbocycles. The highest BCUT2D eigenvalue weighted by atomic mass is 32.1. The SMILES string of the molecule is O=C(NCCc1c[nH]c2ccccc12)C(=Cc1cccnc1)NC(=O)c1cccs1. The van der Waals surface area contributed by atoms with Gasteiger partial charge in [0.1, 0.15) is 5.70 Å². The second-order valence-corrected chi connectivity index (χ2v) is 7.59. The summed E-state index contributed by atoms with van der Waals surface area (Å²) in [6, 6.07) is 15.2. The van der Waals surface area contributed by atoms with E-state index in [1.807, 2.05) is 35.8 Å². The minimum Gasteiger partial charge on any atom is -0.361 e. The zero-order valence-electron chi connectivity index (χ0n) is 16.1. The van der Waals surface area contributed by atoms with E-state index in [0.29, 0.717) is 17.8 Å². The molecule has 1 aromatic carbocycles. The van der Waals surface area contributed by atoms with E-state index in [4.69, 9.17) is 0 Å². The first-order valence-corrected chi connectivity index (χ1v) is 10.4. The first-order chi connectivity index (χ1) is 14.7. The highest BCUT2D eigenvalue weighted by Crippen LogP contribution is 2.17. The summed E-state index contributed by atoms with van der Waals surface area (Å²) in [4.78, 5) is 33.1. The van der Waals surface area contributed by atoms with Gasteiger partial charge in [0.15, 0.2) is 0 Å². The van der Waals surface area contributed by atoms with Crippen molar-refractivity contribution in [1.29, 1.82) is 0 Å². The molecule has 150 valence electrons. The molecule has 0 saturated carbocycles. The van der Waals surface area contributed by atoms with Crippen molar-refractivity contribution in [2.24, 2.45) is 0 Å². The summed E-state index contributed by atoms with van der Waals surface area (Å²) in [6.07, 6.45) is 7.55. The molecule has 0 bridgehead atoms. The molecule has 3 heterocycles. The first kappa shape index (κ1) is 19.6. The smallest absolute Gasteiger partial charge is 0.267 e. The minimum atomic E-state index is -0.344. The fraction of sp³-hybridized carbons (Fsp3) is 0.0870. The maximum atomic E-state index is 12.8. The molecular weight excluding hydrogens is 396 g/mol. The number of nitrogens with one attached hydrogen (secondary N) is 3. The Morgan fingerprint density at radius 3 is 2.80 bits per heavy atom. The molecule has 0 saturated heterocycles. The number of carbonyl (C=O) groups excluding carboxylic acids is 2. The van der Waals surface area contributed by atoms with Gasteiger partial charge in [-0.1, -0.05) is 30.3 Å². The summed E-state index contributed by atoms with van der Waals surface area (Å²) in [7, 11) is 0. The molecule has 6 nitrogen and oxygen atoms in total. The molecular formula is C23H20N4O2S. The summed E-state index contributed by atoms with van der Waals surface area (Å²) >= 11 is 1.32. The summed E-state index contributed by atoms with van der Waals surface area (Å²) in [6.45, 7) is 0.444. The maximum Gasteiger partial charge on any atom is 0.267 e. The second kappa shape index (κ2) is 9.19. The quantitative estimate of drug-likeness (QED) is 0.401. The van der Waals surface area contributed by atoms with Crippen molar-refractivity contribution in [2.75, 3.05) is 6.54 Å². The van der Waals surface area contributed by atoms with Gasteiger partial charge in [-0.15, -0.1) is 11.3 Å². The zero-order chi connectivity index (χ0) is 20.8. The molecule has 4 rings (SSSR count). The van der Waals surface area contributed by atoms with Gasteiger partial charge >= 0.3 is 0 Å². The Labute approximate surface area is 177 Å². The van der Waals surface area contributed by atoms with Crippen LogP contribution < -0.4 is 10.6 Å². The lowest BCUT2D eigenvalue weighted by molar-refractivity contribution is -0.117. The van der Waals surface area contributed by atoms with E-state index in [9.17, 15) is 9.59 Å². The van der Waals surface area contributed by atoms with E-state index in [1.54, 1.807) is 36.7 Å². The normalized spacial score (nSPS) is 11.4. The van der Waals surface area contributed by atoms with E-state index >= 15 is 0 Å². The number of amides is 2. The fourth-order valence-corrected chi connectivity index (χ4v) is 3.74. The summed E-state index contributed by atoms with van der Waals surface area (Å²) in [5, 5.41) is 8.59. The van der Waals surface area contributed by atoms with E-state index in [1.165, 1.54) is 11.3 Å². The van der Waals surface area contributed by atoms with E-state index < -0.39 is 0 Å². The maximum absolute atomic E-state index is 12.8. The molecule has 0 fully saturated rings. The Morgan fingerprint density at radius 1 is 1.10 bits per heavy atom. The largest absolute Gasteiger partial charge is 0.361 e. The standard InChI is InChI=1S/C23H20N4O2S/c28-22(25-11-9-17-15-26-19-7-2-1-6-18(17)19)20(13-16-5-3-10-24-14-16)27-23(29)21-8-4-12-30-21/h1-8,10,12-15,26H,9,11H2,(H,25,28)(H,27,29). The molecule has 0 spiro atoms. The molecule has 0 radical (unpaired) electrons. The van der Waals surface area contributed by atoms with Gasteiger partial charge in [0.2, 0.25) is 0 Å². The third kappa shape index (κ3) is 4.64. The van der Waals surface area contributed by atoms with Gasteiger partial charge in [-0.25, -0.2) is 0 Å². The lowest BCUT2D eigenvalue weighted by Crippen LogP contribution is -2.35. The van der Waals surface area contributed by atoms with Gasteiger partial charge < -0.3 is 15.6 Å². The average molecular weight is 417 g/mol. The number of thiophene rings is 1. The van der Waals surface area contributed by atoms with Gasteiger partial charge in [-0.3, -0.25) is 14.6 Å². The van der Waals surface area contributed by atoms with Crippen LogP contribution in [0.2, 0.25) is 0 Å². The van der Waals surface area contributed by atoms with Gasteiger partial charge in [0.05, 0.1) is 4.88 Å². The van der Waals surface area contributed by atoms with Crippen LogP contribution >= 0.6 is 11.3 Å². The monoisotopic (exact) mass is 416 g/mol. The predicted octanol–water partition coefficient (Wildman–Crippen LogP) is 3.75. The number of hydrogen-bond donors (Lipinski definition) is 3. The van der Waals surface area contributed by atoms with Crippen molar-refractivity contribution >= 4 is 40.1 Å². The number of aromatic amines is 1. The van der Waals surface area contributed by atoms with Crippen molar-refractivity contribution in [2.45, 2.75) is 6.42 Å². The lowest BCUT2D eigenvalue weighted by Gasteiger charge is -2.10. The number of para-hydroxylation sites is 1.